The van der Waals surface area contributed by atoms with E-state index in [-0.39, 0.29) is 17.7 Å². The van der Waals surface area contributed by atoms with Gasteiger partial charge in [0.05, 0.1) is 60.9 Å². The molecule has 2 aromatic carbocycles. The molecular weight excluding hydrogens is 752 g/mol. The van der Waals surface area contributed by atoms with E-state index in [0.717, 1.165) is 19.3 Å². The highest BCUT2D eigenvalue weighted by atomic mass is 16.6. The van der Waals surface area contributed by atoms with Gasteiger partial charge in [0.15, 0.2) is 17.0 Å². The quantitative estimate of drug-likeness (QED) is 0.151. The lowest BCUT2D eigenvalue weighted by Crippen LogP contribution is -2.73. The van der Waals surface area contributed by atoms with Crippen molar-refractivity contribution in [2.24, 2.45) is 5.92 Å². The average molecular weight is 797 g/mol. The number of esters is 1. The van der Waals surface area contributed by atoms with Gasteiger partial charge in [-0.3, -0.25) is 24.1 Å². The monoisotopic (exact) mass is 796 g/mol. The second-order valence-electron chi connectivity index (χ2n) is 14.8. The Hall–Kier alpha value is -4.63. The summed E-state index contributed by atoms with van der Waals surface area (Å²) in [6.07, 6.45) is -5.68. The number of hydrogen-bond donors (Lipinski definition) is 7. The van der Waals surface area contributed by atoms with E-state index < -0.39 is 140 Å². The highest BCUT2D eigenvalue weighted by Crippen LogP contribution is 2.56. The van der Waals surface area contributed by atoms with Gasteiger partial charge in [0.2, 0.25) is 17.3 Å². The Morgan fingerprint density at radius 3 is 2.37 bits per heavy atom. The molecule has 3 aliphatic carbocycles. The Balaban J connectivity index is 1.29. The molecule has 7 rings (SSSR count). The Bertz CT molecular complexity index is 2090. The van der Waals surface area contributed by atoms with Crippen LogP contribution in [-0.2, 0) is 35.7 Å². The third-order valence-electron chi connectivity index (χ3n) is 11.9. The number of methoxy groups -OCH3 is 2. The molecule has 2 heterocycles. The molecule has 8 atom stereocenters. The molecule has 2 fully saturated rings. The molecule has 0 bridgehead atoms. The predicted molar refractivity (Wildman–Crippen MR) is 192 cm³/mol. The number of fused-ring (bicyclic) bond motifs is 5. The summed E-state index contributed by atoms with van der Waals surface area (Å²) in [6.45, 7) is 5.01. The van der Waals surface area contributed by atoms with Crippen molar-refractivity contribution in [2.75, 3.05) is 60.3 Å². The molecule has 7 N–H and O–H groups in total. The molecule has 2 saturated heterocycles. The van der Waals surface area contributed by atoms with E-state index in [1.807, 2.05) is 4.90 Å². The van der Waals surface area contributed by atoms with Gasteiger partial charge in [-0.15, -0.1) is 0 Å². The maximum Gasteiger partial charge on any atom is 0.342 e. The SMILES string of the molecule is CO[C@@H]1[C@@H](O)[C@@H](CO)[C@@H](NC2=CC(=O)c3c(cc4c(c3O)C(=O)[C@]3(OC)[C@H](O)Cc5cc(C)c(C(=O)OCCN6CCOCC6)c(O)c5[C@]3(O)C4=O)C2=O)O[C@H]1C. The number of benzene rings is 2. The Morgan fingerprint density at radius 1 is 1.02 bits per heavy atom. The van der Waals surface area contributed by atoms with Crippen molar-refractivity contribution in [3.05, 3.63) is 68.4 Å². The normalized spacial score (nSPS) is 31.2. The number of carbonyl (C=O) groups excluding carboxylic acids is 5. The molecule has 0 aromatic heterocycles. The van der Waals surface area contributed by atoms with E-state index in [1.54, 1.807) is 6.92 Å². The first-order chi connectivity index (χ1) is 27.1. The number of aliphatic hydroxyl groups is 4. The van der Waals surface area contributed by atoms with Crippen LogP contribution in [-0.4, -0.2) is 161 Å². The van der Waals surface area contributed by atoms with Crippen LogP contribution in [0.25, 0.3) is 0 Å². The Morgan fingerprint density at radius 2 is 1.72 bits per heavy atom. The number of Topliss-reactive ketones (excluding diaryl/α,β-unsaturated/α-hetero) is 3. The van der Waals surface area contributed by atoms with Crippen molar-refractivity contribution < 1.29 is 78.3 Å². The molecule has 0 radical (unpaired) electrons. The highest BCUT2D eigenvalue weighted by Gasteiger charge is 2.72. The van der Waals surface area contributed by atoms with Gasteiger partial charge in [0, 0.05) is 63.0 Å². The number of allylic oxidation sites excluding steroid dienone is 2. The summed E-state index contributed by atoms with van der Waals surface area (Å²) < 4.78 is 27.5. The first kappa shape index (κ1) is 40.6. The lowest BCUT2D eigenvalue weighted by Gasteiger charge is -2.52. The van der Waals surface area contributed by atoms with Crippen LogP contribution in [0.4, 0.5) is 0 Å². The van der Waals surface area contributed by atoms with Gasteiger partial charge >= 0.3 is 5.97 Å². The van der Waals surface area contributed by atoms with Crippen molar-refractivity contribution in [3.63, 3.8) is 0 Å². The highest BCUT2D eigenvalue weighted by molar-refractivity contribution is 6.31. The third-order valence-corrected chi connectivity index (χ3v) is 11.9. The standard InChI is InChI=1S/C39H44N2O16/c1-16-11-18-12-24(44)39(54-4)35(50)27-20(34(49)38(39,52)28(18)32(48)25(16)37(51)56-10-7-41-5-8-55-9-6-41)13-19-26(31(27)47)23(43)14-22(29(19)45)40-36-21(15-42)30(46)33(53-3)17(2)57-36/h11,13-14,17,21,24,30,33,36,40,42,44,46-48,52H,5-10,12,15H2,1-4H3/t17-,21+,24+,30-,33-,36-,38-,39+/m0/s1. The maximum absolute atomic E-state index is 14.8. The number of nitrogens with one attached hydrogen (secondary N) is 1. The number of phenolic OH excluding ortho intramolecular Hbond substituents is 2. The lowest BCUT2D eigenvalue weighted by atomic mass is 9.56. The van der Waals surface area contributed by atoms with Crippen molar-refractivity contribution >= 4 is 29.1 Å². The molecule has 306 valence electrons. The first-order valence-electron chi connectivity index (χ1n) is 18.4. The smallest absolute Gasteiger partial charge is 0.342 e. The van der Waals surface area contributed by atoms with Gasteiger partial charge in [-0.1, -0.05) is 6.07 Å². The van der Waals surface area contributed by atoms with E-state index >= 15 is 0 Å². The number of aliphatic hydroxyl groups excluding tert-OH is 3. The number of aryl methyl sites for hydroxylation is 1. The summed E-state index contributed by atoms with van der Waals surface area (Å²) in [4.78, 5) is 72.6. The Kier molecular flexibility index (Phi) is 10.6. The third kappa shape index (κ3) is 5.92. The van der Waals surface area contributed by atoms with Crippen LogP contribution in [0, 0.1) is 12.8 Å². The number of aromatic hydroxyl groups is 2. The van der Waals surface area contributed by atoms with Gasteiger partial charge in [0.1, 0.15) is 36.0 Å². The summed E-state index contributed by atoms with van der Waals surface area (Å²) in [5.41, 5.74) is -10.3. The number of phenols is 2. The van der Waals surface area contributed by atoms with E-state index in [4.69, 9.17) is 23.7 Å². The molecule has 2 aromatic rings. The molecular formula is C39H44N2O16. The number of ether oxygens (including phenoxy) is 5. The van der Waals surface area contributed by atoms with Crippen molar-refractivity contribution in [3.8, 4) is 11.5 Å². The zero-order valence-electron chi connectivity index (χ0n) is 31.6. The topological polar surface area (TPSA) is 268 Å². The summed E-state index contributed by atoms with van der Waals surface area (Å²) in [5, 5.41) is 71.3. The summed E-state index contributed by atoms with van der Waals surface area (Å²) in [7, 11) is 2.27. The van der Waals surface area contributed by atoms with Gasteiger partial charge < -0.3 is 59.6 Å². The van der Waals surface area contributed by atoms with E-state index in [2.05, 4.69) is 5.32 Å². The second-order valence-corrected chi connectivity index (χ2v) is 14.8. The van der Waals surface area contributed by atoms with Crippen LogP contribution >= 0.6 is 0 Å². The second kappa shape index (κ2) is 14.9. The van der Waals surface area contributed by atoms with Crippen molar-refractivity contribution in [2.45, 2.75) is 62.1 Å². The fraction of sp³-hybridized carbons (Fsp3) is 0.513. The minimum atomic E-state index is -3.27. The molecule has 2 aliphatic heterocycles. The van der Waals surface area contributed by atoms with Crippen LogP contribution in [0.15, 0.2) is 23.9 Å². The van der Waals surface area contributed by atoms with Crippen LogP contribution < -0.4 is 5.32 Å². The van der Waals surface area contributed by atoms with Crippen LogP contribution in [0.3, 0.4) is 0 Å². The van der Waals surface area contributed by atoms with Crippen molar-refractivity contribution in [1.82, 2.24) is 10.2 Å². The minimum absolute atomic E-state index is 0.0111. The number of morpholine rings is 1. The van der Waals surface area contributed by atoms with Crippen LogP contribution in [0.5, 0.6) is 11.5 Å². The zero-order chi connectivity index (χ0) is 41.3. The van der Waals surface area contributed by atoms with E-state index in [1.165, 1.54) is 20.1 Å². The predicted octanol–water partition coefficient (Wildman–Crippen LogP) is -0.954. The molecule has 5 aliphatic rings. The number of rotatable bonds is 9. The van der Waals surface area contributed by atoms with Crippen LogP contribution in [0.1, 0.15) is 75.4 Å². The molecule has 0 saturated carbocycles. The number of hydrogen-bond acceptors (Lipinski definition) is 18. The number of ketones is 4. The number of carbonyl (C=O) groups is 5. The largest absolute Gasteiger partial charge is 0.507 e. The molecule has 0 amide bonds. The first-order valence-corrected chi connectivity index (χ1v) is 18.4. The molecule has 57 heavy (non-hydrogen) atoms. The fourth-order valence-corrected chi connectivity index (χ4v) is 8.96. The van der Waals surface area contributed by atoms with Crippen molar-refractivity contribution in [1.29, 1.82) is 0 Å². The van der Waals surface area contributed by atoms with Gasteiger partial charge in [0.25, 0.3) is 0 Å². The van der Waals surface area contributed by atoms with Gasteiger partial charge in [-0.25, -0.2) is 4.79 Å². The maximum atomic E-state index is 14.8. The van der Waals surface area contributed by atoms with Crippen LogP contribution in [0.2, 0.25) is 0 Å². The molecule has 18 nitrogen and oxygen atoms in total. The molecule has 0 spiro atoms. The fourth-order valence-electron chi connectivity index (χ4n) is 8.96. The Labute approximate surface area is 325 Å². The summed E-state index contributed by atoms with van der Waals surface area (Å²) in [6, 6.07) is 2.20. The summed E-state index contributed by atoms with van der Waals surface area (Å²) in [5.74, 6) is -8.77. The zero-order valence-corrected chi connectivity index (χ0v) is 31.6. The van der Waals surface area contributed by atoms with Gasteiger partial charge in [-0.05, 0) is 31.0 Å². The van der Waals surface area contributed by atoms with E-state index in [0.29, 0.717) is 32.8 Å². The molecule has 0 unspecified atom stereocenters. The lowest BCUT2D eigenvalue weighted by molar-refractivity contribution is -0.214. The molecule has 18 heteroatoms. The average Bonchev–Trinajstić information content (AvgIpc) is 3.16. The number of nitrogens with zero attached hydrogens (tertiary/aromatic N) is 1. The van der Waals surface area contributed by atoms with Gasteiger partial charge in [-0.2, -0.15) is 0 Å². The summed E-state index contributed by atoms with van der Waals surface area (Å²) >= 11 is 0. The minimum Gasteiger partial charge on any atom is -0.507 e. The van der Waals surface area contributed by atoms with E-state index in [9.17, 15) is 54.6 Å².